The van der Waals surface area contributed by atoms with Crippen molar-refractivity contribution in [1.82, 2.24) is 4.98 Å². The van der Waals surface area contributed by atoms with E-state index in [9.17, 15) is 4.21 Å². The van der Waals surface area contributed by atoms with Crippen molar-refractivity contribution in [3.63, 3.8) is 0 Å². The van der Waals surface area contributed by atoms with Crippen LogP contribution in [0.15, 0.2) is 22.6 Å². The molecule has 1 aliphatic carbocycles. The van der Waals surface area contributed by atoms with Crippen LogP contribution in [0.25, 0.3) is 0 Å². The second-order valence-corrected chi connectivity index (χ2v) is 8.31. The van der Waals surface area contributed by atoms with Crippen LogP contribution in [0.4, 0.5) is 0 Å². The van der Waals surface area contributed by atoms with Gasteiger partial charge in [0.2, 0.25) is 0 Å². The van der Waals surface area contributed by atoms with Crippen LogP contribution in [-0.4, -0.2) is 19.7 Å². The van der Waals surface area contributed by atoms with Crippen molar-refractivity contribution in [2.24, 2.45) is 10.3 Å². The number of nitrogens with zero attached hydrogens (tertiary/aromatic N) is 3. The molecule has 1 unspecified atom stereocenters. The van der Waals surface area contributed by atoms with Crippen LogP contribution in [0.3, 0.4) is 0 Å². The lowest BCUT2D eigenvalue weighted by Crippen LogP contribution is -2.21. The summed E-state index contributed by atoms with van der Waals surface area (Å²) in [5.74, 6) is 0.775. The van der Waals surface area contributed by atoms with Gasteiger partial charge >= 0.3 is 0 Å². The van der Waals surface area contributed by atoms with Crippen molar-refractivity contribution in [3.8, 4) is 6.07 Å². The molecule has 1 aromatic heterocycles. The van der Waals surface area contributed by atoms with Gasteiger partial charge in [0, 0.05) is 0 Å². The Bertz CT molecular complexity index is 607. The third kappa shape index (κ3) is 4.75. The summed E-state index contributed by atoms with van der Waals surface area (Å²) in [7, 11) is -1.31. The first kappa shape index (κ1) is 15.8. The molecule has 0 N–H and O–H groups in total. The molecule has 0 amide bonds. The molecule has 0 aromatic carbocycles. The third-order valence-electron chi connectivity index (χ3n) is 3.36. The predicted molar refractivity (Wildman–Crippen MR) is 85.3 cm³/mol. The fourth-order valence-corrected chi connectivity index (χ4v) is 2.52. The van der Waals surface area contributed by atoms with Gasteiger partial charge in [-0.25, -0.2) is 9.19 Å². The lowest BCUT2D eigenvalue weighted by atomic mass is 10.1. The molecule has 2 rings (SSSR count). The second-order valence-electron chi connectivity index (χ2n) is 6.40. The monoisotopic (exact) mass is 303 g/mol. The SMILES string of the molecule is CC(C)(C)S(=O)N=C(CCC1CC1)c1cccc(C#N)n1. The molecule has 0 radical (unpaired) electrons. The Morgan fingerprint density at radius 2 is 2.19 bits per heavy atom. The van der Waals surface area contributed by atoms with Gasteiger partial charge in [0.15, 0.2) is 0 Å². The number of nitriles is 1. The van der Waals surface area contributed by atoms with Crippen molar-refractivity contribution in [2.75, 3.05) is 0 Å². The first-order chi connectivity index (χ1) is 9.90. The zero-order chi connectivity index (χ0) is 15.5. The van der Waals surface area contributed by atoms with E-state index < -0.39 is 15.7 Å². The van der Waals surface area contributed by atoms with Crippen molar-refractivity contribution < 1.29 is 4.21 Å². The molecule has 21 heavy (non-hydrogen) atoms. The Labute approximate surface area is 128 Å². The standard InChI is InChI=1S/C16H21N3OS/c1-16(2,3)21(20)19-15(10-9-12-7-8-12)14-6-4-5-13(11-17)18-14/h4-6,12H,7-10H2,1-3H3. The van der Waals surface area contributed by atoms with E-state index in [-0.39, 0.29) is 0 Å². The van der Waals surface area contributed by atoms with E-state index in [2.05, 4.69) is 9.38 Å². The quantitative estimate of drug-likeness (QED) is 0.783. The zero-order valence-corrected chi connectivity index (χ0v) is 13.6. The van der Waals surface area contributed by atoms with Crippen molar-refractivity contribution in [2.45, 2.75) is 51.2 Å². The van der Waals surface area contributed by atoms with Gasteiger partial charge in [0.25, 0.3) is 0 Å². The van der Waals surface area contributed by atoms with Crippen LogP contribution in [-0.2, 0) is 11.0 Å². The average molecular weight is 303 g/mol. The third-order valence-corrected chi connectivity index (χ3v) is 4.80. The summed E-state index contributed by atoms with van der Waals surface area (Å²) in [5.41, 5.74) is 1.80. The summed E-state index contributed by atoms with van der Waals surface area (Å²) in [5, 5.41) is 8.97. The molecule has 1 saturated carbocycles. The molecule has 0 spiro atoms. The minimum Gasteiger partial charge on any atom is -0.236 e. The molecule has 1 aromatic rings. The highest BCUT2D eigenvalue weighted by molar-refractivity contribution is 7.85. The molecule has 0 bridgehead atoms. The summed E-state index contributed by atoms with van der Waals surface area (Å²) in [6.07, 6.45) is 4.38. The van der Waals surface area contributed by atoms with E-state index in [0.717, 1.165) is 24.5 Å². The van der Waals surface area contributed by atoms with Gasteiger partial charge in [-0.15, -0.1) is 0 Å². The highest BCUT2D eigenvalue weighted by Gasteiger charge is 2.24. The van der Waals surface area contributed by atoms with Crippen LogP contribution >= 0.6 is 0 Å². The zero-order valence-electron chi connectivity index (χ0n) is 12.8. The van der Waals surface area contributed by atoms with E-state index in [0.29, 0.717) is 11.4 Å². The van der Waals surface area contributed by atoms with Crippen LogP contribution in [0.5, 0.6) is 0 Å². The van der Waals surface area contributed by atoms with Gasteiger partial charge in [0.1, 0.15) is 22.7 Å². The second kappa shape index (κ2) is 6.48. The topological polar surface area (TPSA) is 66.1 Å². The van der Waals surface area contributed by atoms with E-state index in [1.165, 1.54) is 12.8 Å². The Morgan fingerprint density at radius 3 is 2.76 bits per heavy atom. The summed E-state index contributed by atoms with van der Waals surface area (Å²) in [4.78, 5) is 4.30. The maximum absolute atomic E-state index is 12.3. The maximum Gasteiger partial charge on any atom is 0.145 e. The molecule has 1 atom stereocenters. The minimum atomic E-state index is -1.31. The Hall–Kier alpha value is -1.54. The fourth-order valence-electron chi connectivity index (χ4n) is 1.86. The molecule has 1 heterocycles. The van der Waals surface area contributed by atoms with E-state index in [4.69, 9.17) is 5.26 Å². The Kier molecular flexibility index (Phi) is 4.89. The molecular formula is C16H21N3OS. The summed E-state index contributed by atoms with van der Waals surface area (Å²) >= 11 is 0. The van der Waals surface area contributed by atoms with Gasteiger partial charge in [0.05, 0.1) is 16.2 Å². The lowest BCUT2D eigenvalue weighted by molar-refractivity contribution is 0.650. The number of aromatic nitrogens is 1. The number of pyridine rings is 1. The van der Waals surface area contributed by atoms with E-state index >= 15 is 0 Å². The normalized spacial score (nSPS) is 17.3. The largest absolute Gasteiger partial charge is 0.236 e. The first-order valence-corrected chi connectivity index (χ1v) is 8.38. The maximum atomic E-state index is 12.3. The predicted octanol–water partition coefficient (Wildman–Crippen LogP) is 3.39. The number of hydrogen-bond acceptors (Lipinski definition) is 3. The van der Waals surface area contributed by atoms with E-state index in [1.54, 1.807) is 12.1 Å². The molecule has 4 nitrogen and oxygen atoms in total. The van der Waals surface area contributed by atoms with Crippen molar-refractivity contribution in [1.29, 1.82) is 5.26 Å². The molecular weight excluding hydrogens is 282 g/mol. The molecule has 0 saturated heterocycles. The fraction of sp³-hybridized carbons (Fsp3) is 0.562. The summed E-state index contributed by atoms with van der Waals surface area (Å²) in [6, 6.07) is 7.35. The molecule has 1 fully saturated rings. The average Bonchev–Trinajstić information content (AvgIpc) is 3.26. The molecule has 112 valence electrons. The number of rotatable bonds is 5. The van der Waals surface area contributed by atoms with Crippen molar-refractivity contribution >= 4 is 16.7 Å². The van der Waals surface area contributed by atoms with Gasteiger partial charge in [-0.1, -0.05) is 18.9 Å². The van der Waals surface area contributed by atoms with Crippen LogP contribution in [0, 0.1) is 17.2 Å². The van der Waals surface area contributed by atoms with Gasteiger partial charge in [-0.3, -0.25) is 0 Å². The Balaban J connectivity index is 2.27. The lowest BCUT2D eigenvalue weighted by Gasteiger charge is -2.15. The van der Waals surface area contributed by atoms with Crippen LogP contribution in [0.2, 0.25) is 0 Å². The summed E-state index contributed by atoms with van der Waals surface area (Å²) in [6.45, 7) is 5.72. The smallest absolute Gasteiger partial charge is 0.145 e. The van der Waals surface area contributed by atoms with Gasteiger partial charge in [-0.05, 0) is 51.7 Å². The Morgan fingerprint density at radius 1 is 1.48 bits per heavy atom. The minimum absolute atomic E-state index is 0.369. The van der Waals surface area contributed by atoms with Gasteiger partial charge < -0.3 is 0 Å². The van der Waals surface area contributed by atoms with Crippen LogP contribution in [0.1, 0.15) is 57.8 Å². The number of hydrogen-bond donors (Lipinski definition) is 0. The van der Waals surface area contributed by atoms with E-state index in [1.807, 2.05) is 32.9 Å². The molecule has 0 aliphatic heterocycles. The first-order valence-electron chi connectivity index (χ1n) is 7.27. The molecule has 5 heteroatoms. The van der Waals surface area contributed by atoms with Crippen LogP contribution < -0.4 is 0 Å². The van der Waals surface area contributed by atoms with Gasteiger partial charge in [-0.2, -0.15) is 9.66 Å². The highest BCUT2D eigenvalue weighted by atomic mass is 32.2. The highest BCUT2D eigenvalue weighted by Crippen LogP contribution is 2.34. The summed E-state index contributed by atoms with van der Waals surface area (Å²) < 4.78 is 16.3. The van der Waals surface area contributed by atoms with Crippen molar-refractivity contribution in [3.05, 3.63) is 29.6 Å². The molecule has 1 aliphatic rings.